The molecule has 208 valence electrons. The molecule has 0 spiro atoms. The Morgan fingerprint density at radius 1 is 0.878 bits per heavy atom. The fraction of sp³-hybridized carbons (Fsp3) is 0.125. The van der Waals surface area contributed by atoms with Gasteiger partial charge >= 0.3 is 0 Å². The Bertz CT molecular complexity index is 1640. The summed E-state index contributed by atoms with van der Waals surface area (Å²) in [5.74, 6) is -0.788. The summed E-state index contributed by atoms with van der Waals surface area (Å²) in [5.41, 5.74) is 2.35. The number of hydrogen-bond donors (Lipinski definition) is 2. The molecule has 4 aromatic carbocycles. The van der Waals surface area contributed by atoms with E-state index in [2.05, 4.69) is 10.3 Å². The van der Waals surface area contributed by atoms with Crippen LogP contribution in [0.25, 0.3) is 10.9 Å². The monoisotopic (exact) mass is 555 g/mol. The third-order valence-electron chi connectivity index (χ3n) is 6.39. The van der Waals surface area contributed by atoms with Gasteiger partial charge in [-0.25, -0.2) is 8.78 Å². The molecule has 0 aliphatic heterocycles. The van der Waals surface area contributed by atoms with Crippen molar-refractivity contribution in [2.75, 3.05) is 16.8 Å². The quantitative estimate of drug-likeness (QED) is 0.198. The van der Waals surface area contributed by atoms with Crippen molar-refractivity contribution in [1.29, 1.82) is 0 Å². The molecule has 0 aliphatic carbocycles. The average molecular weight is 556 g/mol. The zero-order chi connectivity index (χ0) is 28.8. The summed E-state index contributed by atoms with van der Waals surface area (Å²) in [4.78, 5) is 31.0. The number of benzene rings is 4. The van der Waals surface area contributed by atoms with Crippen LogP contribution in [0.2, 0.25) is 0 Å². The van der Waals surface area contributed by atoms with Crippen LogP contribution in [0.15, 0.2) is 103 Å². The highest BCUT2D eigenvalue weighted by Gasteiger charge is 2.31. The molecule has 41 heavy (non-hydrogen) atoms. The first-order valence-electron chi connectivity index (χ1n) is 12.9. The summed E-state index contributed by atoms with van der Waals surface area (Å²) in [7, 11) is 0. The molecule has 5 rings (SSSR count). The van der Waals surface area contributed by atoms with Crippen molar-refractivity contribution in [3.05, 3.63) is 120 Å². The average Bonchev–Trinajstić information content (AvgIpc) is 3.37. The molecule has 7 nitrogen and oxygen atoms in total. The lowest BCUT2D eigenvalue weighted by atomic mass is 10.1. The fourth-order valence-electron chi connectivity index (χ4n) is 4.44. The maximum atomic E-state index is 14.1. The molecule has 0 saturated carbocycles. The molecule has 1 aromatic heterocycles. The van der Waals surface area contributed by atoms with Gasteiger partial charge in [0.25, 0.3) is 0 Å². The number of carbonyl (C=O) groups is 2. The smallest absolute Gasteiger partial charge is 0.249 e. The summed E-state index contributed by atoms with van der Waals surface area (Å²) < 4.78 is 38.9. The minimum absolute atomic E-state index is 0.117. The molecule has 1 atom stereocenters. The summed E-state index contributed by atoms with van der Waals surface area (Å²) in [6.45, 7) is 1.46. The van der Waals surface area contributed by atoms with E-state index in [4.69, 9.17) is 9.47 Å². The molecule has 0 fully saturated rings. The number of rotatable bonds is 10. The number of anilines is 2. The Balaban J connectivity index is 1.38. The van der Waals surface area contributed by atoms with Gasteiger partial charge in [-0.2, -0.15) is 0 Å². The largest absolute Gasteiger partial charge is 0.457 e. The van der Waals surface area contributed by atoms with Gasteiger partial charge in [0.05, 0.1) is 18.9 Å². The number of nitrogens with zero attached hydrogens (tertiary/aromatic N) is 1. The minimum Gasteiger partial charge on any atom is -0.457 e. The Morgan fingerprint density at radius 2 is 1.54 bits per heavy atom. The Hall–Kier alpha value is -5.02. The van der Waals surface area contributed by atoms with Gasteiger partial charge in [0.15, 0.2) is 0 Å². The molecule has 9 heteroatoms. The second-order valence-electron chi connectivity index (χ2n) is 9.34. The minimum atomic E-state index is -1.08. The Morgan fingerprint density at radius 3 is 2.22 bits per heavy atom. The standard InChI is InChI=1S/C32H27F2N3O4/c1-21(38)37(30-18-35-29-16-9-24(34)17-28(29)30)31(20-40-19-22-5-3-2-4-6-22)32(39)36-25-10-14-27(15-11-25)41-26-12-7-23(33)8-13-26/h2-18,31,35H,19-20H2,1H3,(H,36,39)/t31-/m0/s1. The van der Waals surface area contributed by atoms with Gasteiger partial charge in [0, 0.05) is 29.7 Å². The SMILES string of the molecule is CC(=O)N(c1c[nH]c2ccc(F)cc12)[C@@H](COCc1ccccc1)C(=O)Nc1ccc(Oc2ccc(F)cc2)cc1. The van der Waals surface area contributed by atoms with Crippen LogP contribution in [-0.2, 0) is 20.9 Å². The molecular weight excluding hydrogens is 528 g/mol. The third-order valence-corrected chi connectivity index (χ3v) is 6.39. The van der Waals surface area contributed by atoms with E-state index in [0.29, 0.717) is 33.8 Å². The number of hydrogen-bond acceptors (Lipinski definition) is 4. The van der Waals surface area contributed by atoms with Gasteiger partial charge in [0.1, 0.15) is 29.2 Å². The number of halogens is 2. The molecule has 2 N–H and O–H groups in total. The summed E-state index contributed by atoms with van der Waals surface area (Å²) >= 11 is 0. The fourth-order valence-corrected chi connectivity index (χ4v) is 4.44. The first-order chi connectivity index (χ1) is 19.9. The summed E-state index contributed by atoms with van der Waals surface area (Å²) in [6.07, 6.45) is 1.57. The molecule has 1 heterocycles. The van der Waals surface area contributed by atoms with E-state index in [1.54, 1.807) is 36.5 Å². The van der Waals surface area contributed by atoms with Crippen molar-refractivity contribution in [2.24, 2.45) is 0 Å². The van der Waals surface area contributed by atoms with Crippen molar-refractivity contribution in [2.45, 2.75) is 19.6 Å². The maximum absolute atomic E-state index is 14.1. The van der Waals surface area contributed by atoms with Crippen molar-refractivity contribution in [1.82, 2.24) is 4.98 Å². The number of fused-ring (bicyclic) bond motifs is 1. The summed E-state index contributed by atoms with van der Waals surface area (Å²) in [5, 5.41) is 3.31. The molecule has 0 aliphatic rings. The maximum Gasteiger partial charge on any atom is 0.249 e. The predicted octanol–water partition coefficient (Wildman–Crippen LogP) is 6.82. The molecule has 0 unspecified atom stereocenters. The number of ether oxygens (including phenoxy) is 2. The number of amides is 2. The van der Waals surface area contributed by atoms with Crippen LogP contribution in [0.3, 0.4) is 0 Å². The van der Waals surface area contributed by atoms with Gasteiger partial charge in [0.2, 0.25) is 11.8 Å². The first kappa shape index (κ1) is 27.5. The van der Waals surface area contributed by atoms with Crippen LogP contribution in [0, 0.1) is 11.6 Å². The molecule has 5 aromatic rings. The van der Waals surface area contributed by atoms with Gasteiger partial charge in [-0.3, -0.25) is 14.5 Å². The Labute approximate surface area is 235 Å². The normalized spacial score (nSPS) is 11.7. The van der Waals surface area contributed by atoms with Crippen LogP contribution in [-0.4, -0.2) is 29.4 Å². The van der Waals surface area contributed by atoms with Crippen molar-refractivity contribution in [3.63, 3.8) is 0 Å². The van der Waals surface area contributed by atoms with Crippen LogP contribution in [0.4, 0.5) is 20.2 Å². The van der Waals surface area contributed by atoms with Gasteiger partial charge in [-0.05, 0) is 72.3 Å². The van der Waals surface area contributed by atoms with Crippen LogP contribution >= 0.6 is 0 Å². The predicted molar refractivity (Wildman–Crippen MR) is 153 cm³/mol. The number of aromatic amines is 1. The van der Waals surface area contributed by atoms with Crippen molar-refractivity contribution < 1.29 is 27.8 Å². The Kier molecular flexibility index (Phi) is 8.36. The molecule has 0 saturated heterocycles. The second-order valence-corrected chi connectivity index (χ2v) is 9.34. The molecule has 0 bridgehead atoms. The van der Waals surface area contributed by atoms with Crippen LogP contribution < -0.4 is 15.0 Å². The van der Waals surface area contributed by atoms with Gasteiger partial charge in [-0.15, -0.1) is 0 Å². The van der Waals surface area contributed by atoms with Gasteiger partial charge < -0.3 is 19.8 Å². The summed E-state index contributed by atoms with van der Waals surface area (Å²) in [6, 6.07) is 24.8. The molecule has 0 radical (unpaired) electrons. The van der Waals surface area contributed by atoms with E-state index < -0.39 is 23.7 Å². The molecule has 2 amide bonds. The first-order valence-corrected chi connectivity index (χ1v) is 12.9. The van der Waals surface area contributed by atoms with E-state index in [1.807, 2.05) is 30.3 Å². The zero-order valence-electron chi connectivity index (χ0n) is 22.1. The van der Waals surface area contributed by atoms with E-state index in [-0.39, 0.29) is 19.0 Å². The van der Waals surface area contributed by atoms with Crippen molar-refractivity contribution >= 4 is 34.1 Å². The highest BCUT2D eigenvalue weighted by Crippen LogP contribution is 2.30. The second kappa shape index (κ2) is 12.4. The number of nitrogens with one attached hydrogen (secondary N) is 2. The lowest BCUT2D eigenvalue weighted by Crippen LogP contribution is -2.49. The van der Waals surface area contributed by atoms with E-state index in [0.717, 1.165) is 5.56 Å². The number of H-pyrrole nitrogens is 1. The van der Waals surface area contributed by atoms with Crippen LogP contribution in [0.1, 0.15) is 12.5 Å². The third kappa shape index (κ3) is 6.77. The van der Waals surface area contributed by atoms with Gasteiger partial charge in [-0.1, -0.05) is 30.3 Å². The number of carbonyl (C=O) groups excluding carboxylic acids is 2. The van der Waals surface area contributed by atoms with Crippen molar-refractivity contribution in [3.8, 4) is 11.5 Å². The van der Waals surface area contributed by atoms with E-state index in [1.165, 1.54) is 48.2 Å². The topological polar surface area (TPSA) is 83.7 Å². The highest BCUT2D eigenvalue weighted by molar-refractivity contribution is 6.09. The molecular formula is C32H27F2N3O4. The van der Waals surface area contributed by atoms with E-state index in [9.17, 15) is 18.4 Å². The number of aromatic nitrogens is 1. The lowest BCUT2D eigenvalue weighted by Gasteiger charge is -2.29. The van der Waals surface area contributed by atoms with E-state index >= 15 is 0 Å². The van der Waals surface area contributed by atoms with Crippen LogP contribution in [0.5, 0.6) is 11.5 Å². The zero-order valence-corrected chi connectivity index (χ0v) is 22.1. The lowest BCUT2D eigenvalue weighted by molar-refractivity contribution is -0.124. The highest BCUT2D eigenvalue weighted by atomic mass is 19.1.